The minimum absolute atomic E-state index is 0.0528. The molecule has 0 bridgehead atoms. The second kappa shape index (κ2) is 5.78. The summed E-state index contributed by atoms with van der Waals surface area (Å²) in [4.78, 5) is 0. The van der Waals surface area contributed by atoms with Crippen LogP contribution in [0.25, 0.3) is 0 Å². The van der Waals surface area contributed by atoms with Gasteiger partial charge in [-0.2, -0.15) is 0 Å². The standard InChI is InChI=1S/C20H30O3/c1-5-6-13-10-17-18(20(4,22)11-13)15-9-14(12-21)7-8-16(15)19(2,3)23-17/h9-11,15-16,18,21-22H,5-8,12H2,1-4H3/t15-,16-,18?,20?/m1/s1. The Labute approximate surface area is 139 Å². The predicted octanol–water partition coefficient (Wildman–Crippen LogP) is 3.73. The normalized spacial score (nSPS) is 38.5. The van der Waals surface area contributed by atoms with Crippen LogP contribution in [0.5, 0.6) is 0 Å². The Balaban J connectivity index is 2.04. The lowest BCUT2D eigenvalue weighted by molar-refractivity contribution is -0.133. The van der Waals surface area contributed by atoms with Crippen molar-refractivity contribution in [2.45, 2.75) is 64.6 Å². The predicted molar refractivity (Wildman–Crippen MR) is 91.7 cm³/mol. The Morgan fingerprint density at radius 3 is 2.70 bits per heavy atom. The summed E-state index contributed by atoms with van der Waals surface area (Å²) in [5.41, 5.74) is 1.13. The maximum atomic E-state index is 11.1. The van der Waals surface area contributed by atoms with Crippen molar-refractivity contribution < 1.29 is 14.9 Å². The summed E-state index contributed by atoms with van der Waals surface area (Å²) in [6, 6.07) is 0. The maximum Gasteiger partial charge on any atom is 0.106 e. The molecule has 0 aromatic heterocycles. The molecule has 0 saturated carbocycles. The molecule has 3 nitrogen and oxygen atoms in total. The molecule has 23 heavy (non-hydrogen) atoms. The van der Waals surface area contributed by atoms with Crippen LogP contribution in [-0.4, -0.2) is 28.0 Å². The molecule has 128 valence electrons. The molecule has 4 atom stereocenters. The number of allylic oxidation sites excluding steroid dienone is 3. The molecular weight excluding hydrogens is 288 g/mol. The SMILES string of the molecule is CCCC1=CC(C)(O)C2C(=C1)OC(C)(C)[C@@H]1CCC(CO)=C[C@@H]21. The molecular formula is C20H30O3. The summed E-state index contributed by atoms with van der Waals surface area (Å²) in [5.74, 6) is 1.45. The second-order valence-electron chi connectivity index (χ2n) is 8.13. The summed E-state index contributed by atoms with van der Waals surface area (Å²) < 4.78 is 6.40. The van der Waals surface area contributed by atoms with E-state index >= 15 is 0 Å². The molecule has 0 amide bonds. The van der Waals surface area contributed by atoms with Gasteiger partial charge < -0.3 is 14.9 Å². The molecule has 1 fully saturated rings. The molecule has 0 spiro atoms. The molecule has 1 heterocycles. The summed E-state index contributed by atoms with van der Waals surface area (Å²) >= 11 is 0. The molecule has 0 aromatic rings. The first kappa shape index (κ1) is 16.8. The van der Waals surface area contributed by atoms with Crippen molar-refractivity contribution >= 4 is 0 Å². The van der Waals surface area contributed by atoms with E-state index in [2.05, 4.69) is 32.9 Å². The fourth-order valence-corrected chi connectivity index (χ4v) is 4.83. The van der Waals surface area contributed by atoms with Crippen molar-refractivity contribution in [1.82, 2.24) is 0 Å². The number of aliphatic hydroxyl groups is 2. The zero-order chi connectivity index (χ0) is 16.8. The third-order valence-corrected chi connectivity index (χ3v) is 5.81. The van der Waals surface area contributed by atoms with E-state index in [1.807, 2.05) is 13.0 Å². The van der Waals surface area contributed by atoms with Crippen molar-refractivity contribution in [3.8, 4) is 0 Å². The van der Waals surface area contributed by atoms with E-state index in [1.54, 1.807) is 0 Å². The Hall–Kier alpha value is -1.06. The number of hydrogen-bond donors (Lipinski definition) is 2. The van der Waals surface area contributed by atoms with Crippen molar-refractivity contribution in [1.29, 1.82) is 0 Å². The quantitative estimate of drug-likeness (QED) is 0.780. The minimum Gasteiger partial charge on any atom is -0.491 e. The van der Waals surface area contributed by atoms with Crippen LogP contribution in [0.3, 0.4) is 0 Å². The zero-order valence-corrected chi connectivity index (χ0v) is 14.8. The van der Waals surface area contributed by atoms with Gasteiger partial charge in [0.15, 0.2) is 0 Å². The first-order chi connectivity index (χ1) is 10.8. The lowest BCUT2D eigenvalue weighted by atomic mass is 9.60. The van der Waals surface area contributed by atoms with Gasteiger partial charge in [0.1, 0.15) is 11.4 Å². The van der Waals surface area contributed by atoms with Crippen LogP contribution in [0.2, 0.25) is 0 Å². The van der Waals surface area contributed by atoms with E-state index in [9.17, 15) is 10.2 Å². The fraction of sp³-hybridized carbons (Fsp3) is 0.700. The molecule has 0 aromatic carbocycles. The first-order valence-electron chi connectivity index (χ1n) is 8.93. The van der Waals surface area contributed by atoms with Gasteiger partial charge in [-0.3, -0.25) is 0 Å². The average Bonchev–Trinajstić information content (AvgIpc) is 2.44. The topological polar surface area (TPSA) is 49.7 Å². The summed E-state index contributed by atoms with van der Waals surface area (Å²) in [5, 5.41) is 20.7. The third-order valence-electron chi connectivity index (χ3n) is 5.81. The van der Waals surface area contributed by atoms with E-state index < -0.39 is 5.60 Å². The van der Waals surface area contributed by atoms with Crippen LogP contribution in [0.1, 0.15) is 53.4 Å². The molecule has 3 rings (SSSR count). The van der Waals surface area contributed by atoms with E-state index in [4.69, 9.17) is 4.74 Å². The largest absolute Gasteiger partial charge is 0.491 e. The molecule has 2 N–H and O–H groups in total. The average molecular weight is 318 g/mol. The van der Waals surface area contributed by atoms with E-state index in [1.165, 1.54) is 5.57 Å². The highest BCUT2D eigenvalue weighted by atomic mass is 16.5. The molecule has 3 aliphatic rings. The van der Waals surface area contributed by atoms with Gasteiger partial charge in [-0.05, 0) is 69.2 Å². The Morgan fingerprint density at radius 1 is 1.30 bits per heavy atom. The van der Waals surface area contributed by atoms with Crippen molar-refractivity contribution in [2.24, 2.45) is 17.8 Å². The highest BCUT2D eigenvalue weighted by molar-refractivity contribution is 5.37. The van der Waals surface area contributed by atoms with Crippen molar-refractivity contribution in [3.63, 3.8) is 0 Å². The maximum absolute atomic E-state index is 11.1. The van der Waals surface area contributed by atoms with Crippen LogP contribution >= 0.6 is 0 Å². The Bertz CT molecular complexity index is 565. The molecule has 3 heteroatoms. The number of fused-ring (bicyclic) bond motifs is 3. The molecule has 2 unspecified atom stereocenters. The van der Waals surface area contributed by atoms with Gasteiger partial charge in [0, 0.05) is 5.92 Å². The Morgan fingerprint density at radius 2 is 2.04 bits per heavy atom. The monoisotopic (exact) mass is 318 g/mol. The van der Waals surface area contributed by atoms with Gasteiger partial charge in [0.2, 0.25) is 0 Å². The lowest BCUT2D eigenvalue weighted by Gasteiger charge is -2.54. The van der Waals surface area contributed by atoms with Crippen LogP contribution in [0.15, 0.2) is 35.1 Å². The van der Waals surface area contributed by atoms with E-state index in [0.29, 0.717) is 5.92 Å². The van der Waals surface area contributed by atoms with Crippen LogP contribution in [0, 0.1) is 17.8 Å². The van der Waals surface area contributed by atoms with Gasteiger partial charge >= 0.3 is 0 Å². The smallest absolute Gasteiger partial charge is 0.106 e. The van der Waals surface area contributed by atoms with E-state index in [0.717, 1.165) is 37.0 Å². The molecule has 0 radical (unpaired) electrons. The van der Waals surface area contributed by atoms with Crippen LogP contribution in [0.4, 0.5) is 0 Å². The highest BCUT2D eigenvalue weighted by Gasteiger charge is 2.54. The number of hydrogen-bond acceptors (Lipinski definition) is 3. The fourth-order valence-electron chi connectivity index (χ4n) is 4.83. The van der Waals surface area contributed by atoms with Gasteiger partial charge in [0.25, 0.3) is 0 Å². The van der Waals surface area contributed by atoms with Gasteiger partial charge in [-0.25, -0.2) is 0 Å². The molecule has 2 aliphatic carbocycles. The summed E-state index contributed by atoms with van der Waals surface area (Å²) in [6.45, 7) is 8.49. The van der Waals surface area contributed by atoms with Crippen molar-refractivity contribution in [3.05, 3.63) is 35.1 Å². The zero-order valence-electron chi connectivity index (χ0n) is 14.8. The molecule has 1 saturated heterocycles. The minimum atomic E-state index is -0.900. The first-order valence-corrected chi connectivity index (χ1v) is 8.93. The number of ether oxygens (including phenoxy) is 1. The third kappa shape index (κ3) is 2.89. The Kier molecular flexibility index (Phi) is 4.22. The van der Waals surface area contributed by atoms with Crippen molar-refractivity contribution in [2.75, 3.05) is 6.61 Å². The number of rotatable bonds is 3. The summed E-state index contributed by atoms with van der Waals surface area (Å²) in [7, 11) is 0. The molecule has 1 aliphatic heterocycles. The second-order valence-corrected chi connectivity index (χ2v) is 8.13. The van der Waals surface area contributed by atoms with Gasteiger partial charge in [-0.15, -0.1) is 0 Å². The van der Waals surface area contributed by atoms with Crippen LogP contribution in [-0.2, 0) is 4.74 Å². The number of aliphatic hydroxyl groups excluding tert-OH is 1. The summed E-state index contributed by atoms with van der Waals surface area (Å²) in [6.07, 6.45) is 10.3. The van der Waals surface area contributed by atoms with E-state index in [-0.39, 0.29) is 24.0 Å². The van der Waals surface area contributed by atoms with Gasteiger partial charge in [0.05, 0.1) is 18.1 Å². The van der Waals surface area contributed by atoms with Gasteiger partial charge in [-0.1, -0.05) is 19.4 Å². The van der Waals surface area contributed by atoms with Crippen LogP contribution < -0.4 is 0 Å². The lowest BCUT2D eigenvalue weighted by Crippen LogP contribution is -2.54. The highest BCUT2D eigenvalue weighted by Crippen LogP contribution is 2.54.